The Morgan fingerprint density at radius 3 is 2.36 bits per heavy atom. The van der Waals surface area contributed by atoms with Crippen molar-refractivity contribution in [3.8, 4) is 17.3 Å². The maximum atomic E-state index is 8.80. The number of aromatic nitrogens is 4. The van der Waals surface area contributed by atoms with Crippen LogP contribution in [0.5, 0.6) is 0 Å². The van der Waals surface area contributed by atoms with Crippen molar-refractivity contribution in [2.45, 2.75) is 0 Å². The molecule has 0 aliphatic heterocycles. The number of benzene rings is 1. The lowest BCUT2D eigenvalue weighted by Crippen LogP contribution is -2.17. The van der Waals surface area contributed by atoms with Gasteiger partial charge in [0.2, 0.25) is 11.9 Å². The van der Waals surface area contributed by atoms with E-state index in [4.69, 9.17) is 11.0 Å². The monoisotopic (exact) mass is 332 g/mol. The fourth-order valence-corrected chi connectivity index (χ4v) is 2.13. The highest BCUT2D eigenvalue weighted by atomic mass is 15.1. The number of rotatable bonds is 6. The zero-order valence-corrected chi connectivity index (χ0v) is 13.3. The first-order valence-corrected chi connectivity index (χ1v) is 7.65. The molecule has 0 spiro atoms. The van der Waals surface area contributed by atoms with Gasteiger partial charge in [0.1, 0.15) is 17.5 Å². The lowest BCUT2D eigenvalue weighted by Gasteiger charge is -2.08. The summed E-state index contributed by atoms with van der Waals surface area (Å²) in [4.78, 5) is 16.7. The largest absolute Gasteiger partial charge is 0.382 e. The zero-order valence-electron chi connectivity index (χ0n) is 13.3. The molecule has 2 heterocycles. The van der Waals surface area contributed by atoms with E-state index in [-0.39, 0.29) is 11.4 Å². The molecule has 0 bridgehead atoms. The summed E-state index contributed by atoms with van der Waals surface area (Å²) in [6.45, 7) is 1.12. The van der Waals surface area contributed by atoms with E-state index in [0.29, 0.717) is 25.0 Å². The quantitative estimate of drug-likeness (QED) is 0.584. The minimum absolute atomic E-state index is 0.159. The fourth-order valence-electron chi connectivity index (χ4n) is 2.13. The van der Waals surface area contributed by atoms with Crippen LogP contribution in [0, 0.1) is 11.3 Å². The van der Waals surface area contributed by atoms with Gasteiger partial charge in [-0.25, -0.2) is 15.0 Å². The molecule has 0 amide bonds. The molecule has 0 fully saturated rings. The van der Waals surface area contributed by atoms with Crippen LogP contribution >= 0.6 is 0 Å². The van der Waals surface area contributed by atoms with Gasteiger partial charge in [0.05, 0.1) is 11.9 Å². The Hall–Kier alpha value is -3.73. The predicted molar refractivity (Wildman–Crippen MR) is 95.6 cm³/mol. The molecular formula is C17H16N8. The molecule has 8 heteroatoms. The molecule has 3 aromatic rings. The molecule has 0 aliphatic rings. The summed E-state index contributed by atoms with van der Waals surface area (Å²) in [5.74, 6) is 1.08. The second kappa shape index (κ2) is 7.70. The summed E-state index contributed by atoms with van der Waals surface area (Å²) >= 11 is 0. The van der Waals surface area contributed by atoms with Crippen LogP contribution in [0.4, 0.5) is 17.7 Å². The van der Waals surface area contributed by atoms with E-state index in [9.17, 15) is 0 Å². The van der Waals surface area contributed by atoms with Gasteiger partial charge < -0.3 is 16.4 Å². The Labute approximate surface area is 144 Å². The highest BCUT2D eigenvalue weighted by molar-refractivity contribution is 5.59. The molecular weight excluding hydrogens is 316 g/mol. The van der Waals surface area contributed by atoms with Crippen LogP contribution < -0.4 is 16.4 Å². The molecule has 25 heavy (non-hydrogen) atoms. The van der Waals surface area contributed by atoms with E-state index < -0.39 is 0 Å². The Balaban J connectivity index is 1.54. The normalized spacial score (nSPS) is 10.0. The van der Waals surface area contributed by atoms with Crippen molar-refractivity contribution in [2.75, 3.05) is 29.5 Å². The van der Waals surface area contributed by atoms with E-state index >= 15 is 0 Å². The maximum absolute atomic E-state index is 8.80. The Morgan fingerprint density at radius 1 is 0.960 bits per heavy atom. The number of nitrogens with two attached hydrogens (primary N) is 1. The number of nitrogen functional groups attached to an aromatic ring is 1. The highest BCUT2D eigenvalue weighted by Gasteiger charge is 2.04. The first kappa shape index (κ1) is 16.1. The van der Waals surface area contributed by atoms with Crippen LogP contribution in [0.2, 0.25) is 0 Å². The van der Waals surface area contributed by atoms with Gasteiger partial charge in [0, 0.05) is 24.8 Å². The summed E-state index contributed by atoms with van der Waals surface area (Å²) < 4.78 is 0. The maximum Gasteiger partial charge on any atom is 0.224 e. The van der Waals surface area contributed by atoms with E-state index in [1.165, 1.54) is 6.20 Å². The number of hydrogen-bond donors (Lipinski definition) is 3. The predicted octanol–water partition coefficient (Wildman–Crippen LogP) is 1.91. The van der Waals surface area contributed by atoms with Crippen molar-refractivity contribution >= 4 is 17.7 Å². The number of nitrogens with zero attached hydrogens (tertiary/aromatic N) is 5. The minimum atomic E-state index is 0.159. The lowest BCUT2D eigenvalue weighted by atomic mass is 10.1. The Bertz CT molecular complexity index is 889. The molecule has 2 aromatic heterocycles. The molecule has 0 aliphatic carbocycles. The minimum Gasteiger partial charge on any atom is -0.382 e. The second-order valence-corrected chi connectivity index (χ2v) is 5.09. The SMILES string of the molecule is N#Cc1cnc(NCCNc2nccc(-c3ccccc3)n2)nc1N. The van der Waals surface area contributed by atoms with Gasteiger partial charge in [0.15, 0.2) is 0 Å². The van der Waals surface area contributed by atoms with Gasteiger partial charge in [-0.15, -0.1) is 0 Å². The summed E-state index contributed by atoms with van der Waals surface area (Å²) in [6.07, 6.45) is 3.11. The van der Waals surface area contributed by atoms with Crippen LogP contribution in [0.15, 0.2) is 48.8 Å². The van der Waals surface area contributed by atoms with E-state index in [1.807, 2.05) is 42.5 Å². The van der Waals surface area contributed by atoms with Crippen molar-refractivity contribution in [3.63, 3.8) is 0 Å². The number of nitrogens with one attached hydrogen (secondary N) is 2. The summed E-state index contributed by atoms with van der Waals surface area (Å²) in [5, 5.41) is 15.0. The Kier molecular flexibility index (Phi) is 4.97. The van der Waals surface area contributed by atoms with Crippen LogP contribution in [0.1, 0.15) is 5.56 Å². The van der Waals surface area contributed by atoms with Gasteiger partial charge in [0.25, 0.3) is 0 Å². The first-order valence-electron chi connectivity index (χ1n) is 7.65. The van der Waals surface area contributed by atoms with Crippen LogP contribution in [0.3, 0.4) is 0 Å². The molecule has 0 saturated heterocycles. The molecule has 124 valence electrons. The van der Waals surface area contributed by atoms with E-state index in [2.05, 4.69) is 30.6 Å². The summed E-state index contributed by atoms with van der Waals surface area (Å²) in [7, 11) is 0. The third kappa shape index (κ3) is 4.17. The standard InChI is InChI=1S/C17H16N8/c18-10-13-11-23-17(25-15(13)19)22-9-8-21-16-20-7-6-14(24-16)12-4-2-1-3-5-12/h1-7,11H,8-9H2,(H,20,21,24)(H3,19,22,23,25). The van der Waals surface area contributed by atoms with Gasteiger partial charge in [-0.1, -0.05) is 30.3 Å². The lowest BCUT2D eigenvalue weighted by molar-refractivity contribution is 0.999. The van der Waals surface area contributed by atoms with Crippen LogP contribution in [-0.2, 0) is 0 Å². The number of nitriles is 1. The van der Waals surface area contributed by atoms with Crippen molar-refractivity contribution in [1.82, 2.24) is 19.9 Å². The molecule has 4 N–H and O–H groups in total. The first-order chi connectivity index (χ1) is 12.3. The van der Waals surface area contributed by atoms with Crippen LogP contribution in [-0.4, -0.2) is 33.0 Å². The zero-order chi connectivity index (χ0) is 17.5. The third-order valence-corrected chi connectivity index (χ3v) is 3.36. The van der Waals surface area contributed by atoms with Crippen molar-refractivity contribution < 1.29 is 0 Å². The summed E-state index contributed by atoms with van der Waals surface area (Å²) in [5.41, 5.74) is 7.80. The van der Waals surface area contributed by atoms with Gasteiger partial charge in [-0.05, 0) is 6.07 Å². The topological polar surface area (TPSA) is 125 Å². The third-order valence-electron chi connectivity index (χ3n) is 3.36. The van der Waals surface area contributed by atoms with Crippen LogP contribution in [0.25, 0.3) is 11.3 Å². The fraction of sp³-hybridized carbons (Fsp3) is 0.118. The van der Waals surface area contributed by atoms with Gasteiger partial charge >= 0.3 is 0 Å². The summed E-state index contributed by atoms with van der Waals surface area (Å²) in [6, 6.07) is 13.7. The average Bonchev–Trinajstić information content (AvgIpc) is 2.66. The molecule has 3 rings (SSSR count). The Morgan fingerprint density at radius 2 is 1.68 bits per heavy atom. The average molecular weight is 332 g/mol. The second-order valence-electron chi connectivity index (χ2n) is 5.09. The molecule has 8 nitrogen and oxygen atoms in total. The number of anilines is 3. The van der Waals surface area contributed by atoms with Crippen molar-refractivity contribution in [3.05, 3.63) is 54.4 Å². The molecule has 1 aromatic carbocycles. The van der Waals surface area contributed by atoms with Gasteiger partial charge in [-0.3, -0.25) is 0 Å². The highest BCUT2D eigenvalue weighted by Crippen LogP contribution is 2.16. The molecule has 0 saturated carbocycles. The van der Waals surface area contributed by atoms with Gasteiger partial charge in [-0.2, -0.15) is 10.2 Å². The molecule has 0 radical (unpaired) electrons. The van der Waals surface area contributed by atoms with Crippen molar-refractivity contribution in [2.24, 2.45) is 0 Å². The van der Waals surface area contributed by atoms with E-state index in [1.54, 1.807) is 6.20 Å². The van der Waals surface area contributed by atoms with Crippen molar-refractivity contribution in [1.29, 1.82) is 5.26 Å². The molecule has 0 atom stereocenters. The van der Waals surface area contributed by atoms with E-state index in [0.717, 1.165) is 11.3 Å². The number of hydrogen-bond acceptors (Lipinski definition) is 8. The smallest absolute Gasteiger partial charge is 0.224 e. The molecule has 0 unspecified atom stereocenters.